The van der Waals surface area contributed by atoms with Crippen molar-refractivity contribution in [2.75, 3.05) is 0 Å². The van der Waals surface area contributed by atoms with Crippen molar-refractivity contribution in [2.45, 2.75) is 34.2 Å². The fourth-order valence-electron chi connectivity index (χ4n) is 3.06. The van der Waals surface area contributed by atoms with Crippen molar-refractivity contribution in [3.63, 3.8) is 0 Å². The van der Waals surface area contributed by atoms with Crippen LogP contribution < -0.4 is 5.69 Å². The molecule has 3 nitrogen and oxygen atoms in total. The van der Waals surface area contributed by atoms with Gasteiger partial charge >= 0.3 is 5.69 Å². The summed E-state index contributed by atoms with van der Waals surface area (Å²) in [5, 5.41) is 0. The van der Waals surface area contributed by atoms with Crippen LogP contribution in [0.15, 0.2) is 41.2 Å². The second-order valence-corrected chi connectivity index (χ2v) is 7.68. The minimum atomic E-state index is -0.251. The van der Waals surface area contributed by atoms with E-state index in [9.17, 15) is 9.18 Å². The van der Waals surface area contributed by atoms with E-state index in [1.54, 1.807) is 22.2 Å². The third-order valence-electron chi connectivity index (χ3n) is 4.21. The maximum atomic E-state index is 14.2. The number of aryl methyl sites for hydroxylation is 2. The van der Waals surface area contributed by atoms with Crippen LogP contribution in [0.25, 0.3) is 22.2 Å². The van der Waals surface area contributed by atoms with Crippen LogP contribution in [0.2, 0.25) is 0 Å². The monoisotopic (exact) mass is 326 g/mol. The van der Waals surface area contributed by atoms with Crippen molar-refractivity contribution in [1.29, 1.82) is 0 Å². The largest absolute Gasteiger partial charge is 0.328 e. The van der Waals surface area contributed by atoms with Gasteiger partial charge in [0.05, 0.1) is 11.0 Å². The molecule has 3 aromatic rings. The summed E-state index contributed by atoms with van der Waals surface area (Å²) in [6.45, 7) is 8.90. The number of hydrogen-bond donors (Lipinski definition) is 0. The van der Waals surface area contributed by atoms with Crippen LogP contribution in [0.4, 0.5) is 4.39 Å². The molecule has 0 saturated carbocycles. The molecule has 1 aromatic heterocycles. The summed E-state index contributed by atoms with van der Waals surface area (Å²) in [6.07, 6.45) is 0. The number of hydrogen-bond acceptors (Lipinski definition) is 1. The molecule has 24 heavy (non-hydrogen) atoms. The molecule has 0 saturated heterocycles. The summed E-state index contributed by atoms with van der Waals surface area (Å²) in [7, 11) is 1.76. The molecular formula is C20H23FN2O. The van der Waals surface area contributed by atoms with Crippen LogP contribution in [0.5, 0.6) is 0 Å². The van der Waals surface area contributed by atoms with E-state index in [1.807, 2.05) is 31.2 Å². The summed E-state index contributed by atoms with van der Waals surface area (Å²) >= 11 is 0. The number of halogens is 1. The average Bonchev–Trinajstić information content (AvgIpc) is 2.73. The highest BCUT2D eigenvalue weighted by atomic mass is 19.1. The minimum absolute atomic E-state index is 0.000564. The first-order chi connectivity index (χ1) is 11.2. The van der Waals surface area contributed by atoms with Crippen molar-refractivity contribution in [3.05, 3.63) is 58.3 Å². The van der Waals surface area contributed by atoms with Crippen LogP contribution in [0.3, 0.4) is 0 Å². The Balaban J connectivity index is 2.21. The predicted octanol–water partition coefficient (Wildman–Crippen LogP) is 4.50. The quantitative estimate of drug-likeness (QED) is 0.681. The first-order valence-electron chi connectivity index (χ1n) is 8.13. The molecular weight excluding hydrogens is 303 g/mol. The van der Waals surface area contributed by atoms with Crippen LogP contribution in [0.1, 0.15) is 26.3 Å². The van der Waals surface area contributed by atoms with Gasteiger partial charge in [0, 0.05) is 19.2 Å². The second kappa shape index (κ2) is 5.62. The van der Waals surface area contributed by atoms with Crippen molar-refractivity contribution < 1.29 is 4.39 Å². The topological polar surface area (TPSA) is 26.9 Å². The molecule has 0 fully saturated rings. The van der Waals surface area contributed by atoms with E-state index in [2.05, 4.69) is 20.8 Å². The standard InChI is InChI=1S/C20H23FN2O/c1-13-6-8-16(21)15(10-13)14-7-9-17-18(11-14)22(5)19(24)23(17)12-20(2,3)4/h6-11H,12H2,1-5H3. The number of nitrogens with zero attached hydrogens (tertiary/aromatic N) is 2. The third-order valence-corrected chi connectivity index (χ3v) is 4.21. The Kier molecular flexibility index (Phi) is 3.86. The van der Waals surface area contributed by atoms with Crippen molar-refractivity contribution in [2.24, 2.45) is 12.5 Å². The van der Waals surface area contributed by atoms with Gasteiger partial charge < -0.3 is 0 Å². The van der Waals surface area contributed by atoms with E-state index in [1.165, 1.54) is 6.07 Å². The fraction of sp³-hybridized carbons (Fsp3) is 0.350. The van der Waals surface area contributed by atoms with Crippen LogP contribution in [-0.4, -0.2) is 9.13 Å². The first kappa shape index (κ1) is 16.5. The van der Waals surface area contributed by atoms with E-state index in [-0.39, 0.29) is 16.9 Å². The van der Waals surface area contributed by atoms with Gasteiger partial charge in [0.25, 0.3) is 0 Å². The van der Waals surface area contributed by atoms with Gasteiger partial charge in [0.1, 0.15) is 5.82 Å². The lowest BCUT2D eigenvalue weighted by Gasteiger charge is -2.18. The number of benzene rings is 2. The molecule has 2 aromatic carbocycles. The lowest BCUT2D eigenvalue weighted by molar-refractivity contribution is 0.342. The first-order valence-corrected chi connectivity index (χ1v) is 8.13. The van der Waals surface area contributed by atoms with Crippen molar-refractivity contribution in [3.8, 4) is 11.1 Å². The van der Waals surface area contributed by atoms with Crippen LogP contribution >= 0.6 is 0 Å². The highest BCUT2D eigenvalue weighted by molar-refractivity contribution is 5.83. The van der Waals surface area contributed by atoms with E-state index < -0.39 is 0 Å². The van der Waals surface area contributed by atoms with Crippen molar-refractivity contribution in [1.82, 2.24) is 9.13 Å². The van der Waals surface area contributed by atoms with Gasteiger partial charge in [-0.1, -0.05) is 38.5 Å². The lowest BCUT2D eigenvalue weighted by Crippen LogP contribution is -2.27. The fourth-order valence-corrected chi connectivity index (χ4v) is 3.06. The molecule has 0 bridgehead atoms. The molecule has 0 unspecified atom stereocenters. The van der Waals surface area contributed by atoms with Gasteiger partial charge in [-0.25, -0.2) is 9.18 Å². The summed E-state index contributed by atoms with van der Waals surface area (Å²) < 4.78 is 17.6. The SMILES string of the molecule is Cc1ccc(F)c(-c2ccc3c(c2)n(C)c(=O)n3CC(C)(C)C)c1. The zero-order valence-corrected chi connectivity index (χ0v) is 14.9. The Morgan fingerprint density at radius 2 is 1.75 bits per heavy atom. The molecule has 3 rings (SSSR count). The lowest BCUT2D eigenvalue weighted by atomic mass is 9.97. The van der Waals surface area contributed by atoms with Gasteiger partial charge in [-0.15, -0.1) is 0 Å². The molecule has 0 amide bonds. The van der Waals surface area contributed by atoms with E-state index in [0.717, 1.165) is 22.2 Å². The van der Waals surface area contributed by atoms with E-state index in [0.29, 0.717) is 12.1 Å². The Labute approximate surface area is 141 Å². The van der Waals surface area contributed by atoms with Gasteiger partial charge in [-0.05, 0) is 42.2 Å². The summed E-state index contributed by atoms with van der Waals surface area (Å²) in [6, 6.07) is 10.8. The molecule has 0 spiro atoms. The smallest absolute Gasteiger partial charge is 0.295 e. The molecule has 4 heteroatoms. The molecule has 0 aliphatic rings. The maximum absolute atomic E-state index is 14.2. The van der Waals surface area contributed by atoms with Crippen molar-refractivity contribution >= 4 is 11.0 Å². The number of fused-ring (bicyclic) bond motifs is 1. The molecule has 0 aliphatic heterocycles. The van der Waals surface area contributed by atoms with E-state index >= 15 is 0 Å². The normalized spacial score (nSPS) is 12.1. The Bertz CT molecular complexity index is 974. The van der Waals surface area contributed by atoms with Gasteiger partial charge in [-0.3, -0.25) is 9.13 Å². The zero-order valence-electron chi connectivity index (χ0n) is 14.9. The predicted molar refractivity (Wildman–Crippen MR) is 96.8 cm³/mol. The van der Waals surface area contributed by atoms with Gasteiger partial charge in [0.2, 0.25) is 0 Å². The molecule has 126 valence electrons. The summed E-state index contributed by atoms with van der Waals surface area (Å²) in [4.78, 5) is 12.6. The Morgan fingerprint density at radius 3 is 2.42 bits per heavy atom. The molecule has 0 atom stereocenters. The number of aromatic nitrogens is 2. The molecule has 0 radical (unpaired) electrons. The van der Waals surface area contributed by atoms with Crippen LogP contribution in [0, 0.1) is 18.2 Å². The van der Waals surface area contributed by atoms with Gasteiger partial charge in [0.15, 0.2) is 0 Å². The minimum Gasteiger partial charge on any atom is -0.295 e. The summed E-state index contributed by atoms with van der Waals surface area (Å²) in [5.74, 6) is -0.251. The summed E-state index contributed by atoms with van der Waals surface area (Å²) in [5.41, 5.74) is 4.02. The number of rotatable bonds is 2. The Hall–Kier alpha value is -2.36. The second-order valence-electron chi connectivity index (χ2n) is 7.68. The Morgan fingerprint density at radius 1 is 1.04 bits per heavy atom. The van der Waals surface area contributed by atoms with Crippen LogP contribution in [-0.2, 0) is 13.6 Å². The maximum Gasteiger partial charge on any atom is 0.328 e. The highest BCUT2D eigenvalue weighted by Gasteiger charge is 2.18. The van der Waals surface area contributed by atoms with Gasteiger partial charge in [-0.2, -0.15) is 0 Å². The highest BCUT2D eigenvalue weighted by Crippen LogP contribution is 2.28. The zero-order chi connectivity index (χ0) is 17.6. The molecule has 0 N–H and O–H groups in total. The molecule has 1 heterocycles. The molecule has 0 aliphatic carbocycles. The third kappa shape index (κ3) is 2.88. The average molecular weight is 326 g/mol. The number of imidazole rings is 1. The van der Waals surface area contributed by atoms with E-state index in [4.69, 9.17) is 0 Å².